The molecule has 2 aliphatic heterocycles. The highest BCUT2D eigenvalue weighted by atomic mass is 32.2. The van der Waals surface area contributed by atoms with Crippen molar-refractivity contribution in [2.45, 2.75) is 30.6 Å². The van der Waals surface area contributed by atoms with E-state index in [1.54, 1.807) is 6.07 Å². The number of halogens is 1. The third-order valence-corrected chi connectivity index (χ3v) is 7.68. The number of nitrogens with one attached hydrogen (secondary N) is 2. The second kappa shape index (κ2) is 10.4. The predicted octanol–water partition coefficient (Wildman–Crippen LogP) is 1.78. The summed E-state index contributed by atoms with van der Waals surface area (Å²) >= 11 is 0. The van der Waals surface area contributed by atoms with Crippen molar-refractivity contribution in [1.29, 1.82) is 0 Å². The third kappa shape index (κ3) is 5.65. The van der Waals surface area contributed by atoms with Gasteiger partial charge in [0.1, 0.15) is 5.82 Å². The molecule has 2 aromatic rings. The fourth-order valence-corrected chi connectivity index (χ4v) is 5.36. The molecule has 1 fully saturated rings. The molecule has 0 bridgehead atoms. The van der Waals surface area contributed by atoms with Crippen molar-refractivity contribution in [3.05, 3.63) is 53.8 Å². The van der Waals surface area contributed by atoms with E-state index < -0.39 is 27.7 Å². The van der Waals surface area contributed by atoms with Crippen LogP contribution >= 0.6 is 0 Å². The van der Waals surface area contributed by atoms with E-state index >= 15 is 0 Å². The van der Waals surface area contributed by atoms with Crippen LogP contribution < -0.4 is 20.3 Å². The van der Waals surface area contributed by atoms with Crippen molar-refractivity contribution in [2.24, 2.45) is 5.92 Å². The maximum atomic E-state index is 13.1. The molecule has 2 amide bonds. The lowest BCUT2D eigenvalue weighted by atomic mass is 9.98. The van der Waals surface area contributed by atoms with Gasteiger partial charge in [0.15, 0.2) is 11.5 Å². The second-order valence-electron chi connectivity index (χ2n) is 8.18. The standard InChI is InChI=1S/C23H26FN3O6S/c24-18-4-2-16(3-5-18)14-22(28)25-26-23(29)17-8-10-27(11-9-17)34(30,31)19-6-7-20-21(15-19)33-13-1-12-32-20/h2-7,15,17H,1,8-14H2,(H,25,28)(H,26,29). The second-order valence-corrected chi connectivity index (χ2v) is 10.1. The molecule has 1 saturated heterocycles. The van der Waals surface area contributed by atoms with Crippen molar-refractivity contribution in [3.8, 4) is 11.5 Å². The fourth-order valence-electron chi connectivity index (χ4n) is 3.88. The molecule has 0 aliphatic carbocycles. The summed E-state index contributed by atoms with van der Waals surface area (Å²) in [7, 11) is -3.75. The monoisotopic (exact) mass is 491 g/mol. The molecular weight excluding hydrogens is 465 g/mol. The lowest BCUT2D eigenvalue weighted by Gasteiger charge is -2.30. The van der Waals surface area contributed by atoms with Gasteiger partial charge in [-0.25, -0.2) is 12.8 Å². The Morgan fingerprint density at radius 1 is 0.971 bits per heavy atom. The third-order valence-electron chi connectivity index (χ3n) is 5.78. The summed E-state index contributed by atoms with van der Waals surface area (Å²) in [4.78, 5) is 24.6. The molecule has 0 aromatic heterocycles. The van der Waals surface area contributed by atoms with E-state index in [9.17, 15) is 22.4 Å². The van der Waals surface area contributed by atoms with Crippen molar-refractivity contribution >= 4 is 21.8 Å². The molecule has 0 atom stereocenters. The zero-order valence-electron chi connectivity index (χ0n) is 18.5. The van der Waals surface area contributed by atoms with E-state index in [4.69, 9.17) is 9.47 Å². The maximum absolute atomic E-state index is 13.1. The summed E-state index contributed by atoms with van der Waals surface area (Å²) in [5.74, 6) is -0.705. The van der Waals surface area contributed by atoms with Gasteiger partial charge < -0.3 is 9.47 Å². The van der Waals surface area contributed by atoms with Gasteiger partial charge in [-0.15, -0.1) is 0 Å². The zero-order valence-corrected chi connectivity index (χ0v) is 19.3. The topological polar surface area (TPSA) is 114 Å². The highest BCUT2D eigenvalue weighted by molar-refractivity contribution is 7.89. The molecular formula is C23H26FN3O6S. The first-order valence-corrected chi connectivity index (χ1v) is 12.5. The quantitative estimate of drug-likeness (QED) is 0.617. The molecule has 4 rings (SSSR count). The van der Waals surface area contributed by atoms with E-state index in [2.05, 4.69) is 10.9 Å². The number of piperidine rings is 1. The number of hydrogen-bond acceptors (Lipinski definition) is 6. The predicted molar refractivity (Wildman–Crippen MR) is 120 cm³/mol. The van der Waals surface area contributed by atoms with Gasteiger partial charge in [0.25, 0.3) is 0 Å². The average molecular weight is 492 g/mol. The molecule has 2 N–H and O–H groups in total. The van der Waals surface area contributed by atoms with E-state index in [0.29, 0.717) is 43.1 Å². The summed E-state index contributed by atoms with van der Waals surface area (Å²) in [6.07, 6.45) is 1.36. The SMILES string of the molecule is O=C(Cc1ccc(F)cc1)NNC(=O)C1CCN(S(=O)(=O)c2ccc3c(c2)OCCCO3)CC1. The summed E-state index contributed by atoms with van der Waals surface area (Å²) in [5.41, 5.74) is 5.36. The highest BCUT2D eigenvalue weighted by Crippen LogP contribution is 2.33. The molecule has 0 unspecified atom stereocenters. The number of carbonyl (C=O) groups excluding carboxylic acids is 2. The van der Waals surface area contributed by atoms with Gasteiger partial charge in [-0.2, -0.15) is 4.31 Å². The first-order valence-electron chi connectivity index (χ1n) is 11.1. The smallest absolute Gasteiger partial charge is 0.243 e. The largest absolute Gasteiger partial charge is 0.490 e. The van der Waals surface area contributed by atoms with Gasteiger partial charge in [0.2, 0.25) is 21.8 Å². The van der Waals surface area contributed by atoms with Crippen LogP contribution in [0.5, 0.6) is 11.5 Å². The number of ether oxygens (including phenoxy) is 2. The van der Waals surface area contributed by atoms with Gasteiger partial charge in [-0.05, 0) is 42.7 Å². The average Bonchev–Trinajstić information content (AvgIpc) is 3.09. The number of benzene rings is 2. The first kappa shape index (κ1) is 24.0. The summed E-state index contributed by atoms with van der Waals surface area (Å²) < 4.78 is 51.6. The van der Waals surface area contributed by atoms with Gasteiger partial charge in [-0.1, -0.05) is 12.1 Å². The first-order chi connectivity index (χ1) is 16.3. The van der Waals surface area contributed by atoms with Crippen LogP contribution in [-0.2, 0) is 26.0 Å². The molecule has 0 spiro atoms. The lowest BCUT2D eigenvalue weighted by Crippen LogP contribution is -2.48. The Kier molecular flexibility index (Phi) is 7.32. The molecule has 2 aromatic carbocycles. The highest BCUT2D eigenvalue weighted by Gasteiger charge is 2.33. The van der Waals surface area contributed by atoms with Crippen molar-refractivity contribution < 1.29 is 31.9 Å². The number of carbonyl (C=O) groups is 2. The Morgan fingerprint density at radius 2 is 1.65 bits per heavy atom. The minimum Gasteiger partial charge on any atom is -0.490 e. The summed E-state index contributed by atoms with van der Waals surface area (Å²) in [6, 6.07) is 10.1. The molecule has 9 nitrogen and oxygen atoms in total. The maximum Gasteiger partial charge on any atom is 0.243 e. The number of nitrogens with zero attached hydrogens (tertiary/aromatic N) is 1. The number of fused-ring (bicyclic) bond motifs is 1. The van der Waals surface area contributed by atoms with Crippen LogP contribution in [-0.4, -0.2) is 50.8 Å². The van der Waals surface area contributed by atoms with Crippen molar-refractivity contribution in [1.82, 2.24) is 15.2 Å². The van der Waals surface area contributed by atoms with Crippen LogP contribution in [0.25, 0.3) is 0 Å². The molecule has 182 valence electrons. The Bertz CT molecular complexity index is 1150. The summed E-state index contributed by atoms with van der Waals surface area (Å²) in [6.45, 7) is 1.33. The minimum atomic E-state index is -3.75. The number of sulfonamides is 1. The minimum absolute atomic E-state index is 0.00716. The molecule has 0 saturated carbocycles. The van der Waals surface area contributed by atoms with Gasteiger partial charge in [0.05, 0.1) is 24.5 Å². The van der Waals surface area contributed by atoms with Crippen LogP contribution in [0.2, 0.25) is 0 Å². The lowest BCUT2D eigenvalue weighted by molar-refractivity contribution is -0.131. The number of hydrogen-bond donors (Lipinski definition) is 2. The van der Waals surface area contributed by atoms with E-state index in [0.717, 1.165) is 6.42 Å². The molecule has 0 radical (unpaired) electrons. The van der Waals surface area contributed by atoms with Crippen molar-refractivity contribution in [3.63, 3.8) is 0 Å². The van der Waals surface area contributed by atoms with Crippen molar-refractivity contribution in [2.75, 3.05) is 26.3 Å². The molecule has 34 heavy (non-hydrogen) atoms. The fraction of sp³-hybridized carbons (Fsp3) is 0.391. The molecule has 2 heterocycles. The van der Waals surface area contributed by atoms with Gasteiger partial charge in [-0.3, -0.25) is 20.4 Å². The van der Waals surface area contributed by atoms with Crippen LogP contribution in [0, 0.1) is 11.7 Å². The van der Waals surface area contributed by atoms with E-state index in [1.807, 2.05) is 0 Å². The van der Waals surface area contributed by atoms with Gasteiger partial charge >= 0.3 is 0 Å². The number of rotatable bonds is 5. The Hall–Kier alpha value is -3.18. The zero-order chi connectivity index (χ0) is 24.1. The van der Waals surface area contributed by atoms with Crippen LogP contribution in [0.1, 0.15) is 24.8 Å². The Labute approximate surface area is 197 Å². The van der Waals surface area contributed by atoms with Crippen LogP contribution in [0.3, 0.4) is 0 Å². The molecule has 11 heteroatoms. The van der Waals surface area contributed by atoms with Crippen LogP contribution in [0.4, 0.5) is 4.39 Å². The van der Waals surface area contributed by atoms with E-state index in [1.165, 1.54) is 40.7 Å². The Balaban J connectivity index is 1.28. The summed E-state index contributed by atoms with van der Waals surface area (Å²) in [5, 5.41) is 0. The number of amides is 2. The number of hydrazine groups is 1. The Morgan fingerprint density at radius 3 is 2.35 bits per heavy atom. The normalized spacial score (nSPS) is 17.0. The van der Waals surface area contributed by atoms with Crippen LogP contribution in [0.15, 0.2) is 47.4 Å². The molecule has 2 aliphatic rings. The van der Waals surface area contributed by atoms with E-state index in [-0.39, 0.29) is 30.3 Å². The van der Waals surface area contributed by atoms with Gasteiger partial charge in [0, 0.05) is 31.5 Å².